The van der Waals surface area contributed by atoms with Gasteiger partial charge in [-0.25, -0.2) is 0 Å². The molecule has 1 N–H and O–H groups in total. The van der Waals surface area contributed by atoms with Crippen molar-refractivity contribution >= 4 is 46.4 Å². The quantitative estimate of drug-likeness (QED) is 0.802. The van der Waals surface area contributed by atoms with Gasteiger partial charge in [-0.2, -0.15) is 0 Å². The van der Waals surface area contributed by atoms with Crippen LogP contribution in [0.3, 0.4) is 0 Å². The average molecular weight is 365 g/mol. The Morgan fingerprint density at radius 3 is 2.21 bits per heavy atom. The standard InChI is InChI=1S/C18H18Cl2N2O2/c1-22(13-7-3-2-4-8-13)17(24)12-6-11-16(23)21-18-14(19)9-5-10-15(18)20/h2-5,7-10H,6,11-12H2,1H3,(H,21,23). The normalized spacial score (nSPS) is 10.3. The molecule has 0 aliphatic carbocycles. The number of carbonyl (C=O) groups is 2. The van der Waals surface area contributed by atoms with Gasteiger partial charge in [-0.15, -0.1) is 0 Å². The molecule has 0 saturated heterocycles. The van der Waals surface area contributed by atoms with E-state index >= 15 is 0 Å². The van der Waals surface area contributed by atoms with Crippen LogP contribution < -0.4 is 10.2 Å². The Kier molecular flexibility index (Phi) is 6.64. The molecule has 2 aromatic carbocycles. The van der Waals surface area contributed by atoms with E-state index in [1.165, 1.54) is 0 Å². The third-order valence-electron chi connectivity index (χ3n) is 3.54. The van der Waals surface area contributed by atoms with E-state index in [-0.39, 0.29) is 24.7 Å². The lowest BCUT2D eigenvalue weighted by molar-refractivity contribution is -0.118. The number of nitrogens with one attached hydrogen (secondary N) is 1. The summed E-state index contributed by atoms with van der Waals surface area (Å²) in [6.07, 6.45) is 0.953. The molecule has 4 nitrogen and oxygen atoms in total. The summed E-state index contributed by atoms with van der Waals surface area (Å²) in [4.78, 5) is 25.7. The van der Waals surface area contributed by atoms with Crippen LogP contribution in [-0.2, 0) is 9.59 Å². The summed E-state index contributed by atoms with van der Waals surface area (Å²) in [5.74, 6) is -0.259. The Morgan fingerprint density at radius 2 is 1.58 bits per heavy atom. The first-order valence-electron chi connectivity index (χ1n) is 7.54. The van der Waals surface area contributed by atoms with E-state index in [4.69, 9.17) is 23.2 Å². The molecule has 0 atom stereocenters. The molecule has 24 heavy (non-hydrogen) atoms. The zero-order chi connectivity index (χ0) is 17.5. The smallest absolute Gasteiger partial charge is 0.226 e. The zero-order valence-corrected chi connectivity index (χ0v) is 14.8. The van der Waals surface area contributed by atoms with Gasteiger partial charge in [-0.3, -0.25) is 9.59 Å². The zero-order valence-electron chi connectivity index (χ0n) is 13.3. The summed E-state index contributed by atoms with van der Waals surface area (Å²) in [5.41, 5.74) is 1.23. The second-order valence-corrected chi connectivity index (χ2v) is 6.10. The molecule has 0 unspecified atom stereocenters. The Bertz CT molecular complexity index is 700. The number of carbonyl (C=O) groups excluding carboxylic acids is 2. The van der Waals surface area contributed by atoms with E-state index in [0.717, 1.165) is 5.69 Å². The highest BCUT2D eigenvalue weighted by Crippen LogP contribution is 2.29. The number of benzene rings is 2. The maximum Gasteiger partial charge on any atom is 0.226 e. The van der Waals surface area contributed by atoms with Crippen molar-refractivity contribution in [2.75, 3.05) is 17.3 Å². The van der Waals surface area contributed by atoms with Crippen molar-refractivity contribution in [3.8, 4) is 0 Å². The number of hydrogen-bond donors (Lipinski definition) is 1. The van der Waals surface area contributed by atoms with Crippen molar-refractivity contribution in [3.63, 3.8) is 0 Å². The lowest BCUT2D eigenvalue weighted by Crippen LogP contribution is -2.26. The van der Waals surface area contributed by atoms with E-state index in [1.54, 1.807) is 30.1 Å². The van der Waals surface area contributed by atoms with Crippen LogP contribution in [0.15, 0.2) is 48.5 Å². The minimum Gasteiger partial charge on any atom is -0.324 e. The predicted molar refractivity (Wildman–Crippen MR) is 98.8 cm³/mol. The van der Waals surface area contributed by atoms with Crippen LogP contribution in [-0.4, -0.2) is 18.9 Å². The molecular formula is C18H18Cl2N2O2. The van der Waals surface area contributed by atoms with E-state index in [0.29, 0.717) is 22.2 Å². The van der Waals surface area contributed by atoms with E-state index in [9.17, 15) is 9.59 Å². The summed E-state index contributed by atoms with van der Waals surface area (Å²) in [7, 11) is 1.72. The Labute approximate surface area is 151 Å². The molecule has 2 aromatic rings. The van der Waals surface area contributed by atoms with Gasteiger partial charge in [0.1, 0.15) is 0 Å². The molecule has 2 rings (SSSR count). The van der Waals surface area contributed by atoms with Crippen LogP contribution in [0, 0.1) is 0 Å². The monoisotopic (exact) mass is 364 g/mol. The molecule has 0 radical (unpaired) electrons. The largest absolute Gasteiger partial charge is 0.324 e. The second-order valence-electron chi connectivity index (χ2n) is 5.29. The van der Waals surface area contributed by atoms with Crippen molar-refractivity contribution in [1.82, 2.24) is 0 Å². The molecule has 0 aromatic heterocycles. The minimum atomic E-state index is -0.222. The molecule has 0 heterocycles. The second kappa shape index (κ2) is 8.71. The van der Waals surface area contributed by atoms with Crippen molar-refractivity contribution in [2.45, 2.75) is 19.3 Å². The number of rotatable bonds is 6. The summed E-state index contributed by atoms with van der Waals surface area (Å²) in [6, 6.07) is 14.4. The van der Waals surface area contributed by atoms with Gasteiger partial charge in [0.15, 0.2) is 0 Å². The molecule has 0 spiro atoms. The highest BCUT2D eigenvalue weighted by molar-refractivity contribution is 6.39. The summed E-state index contributed by atoms with van der Waals surface area (Å²) in [6.45, 7) is 0. The summed E-state index contributed by atoms with van der Waals surface area (Å²) in [5, 5.41) is 3.46. The maximum absolute atomic E-state index is 12.1. The number of anilines is 2. The van der Waals surface area contributed by atoms with Crippen LogP contribution in [0.4, 0.5) is 11.4 Å². The fraction of sp³-hybridized carbons (Fsp3) is 0.222. The first-order valence-corrected chi connectivity index (χ1v) is 8.30. The third kappa shape index (κ3) is 4.98. The molecule has 0 bridgehead atoms. The lowest BCUT2D eigenvalue weighted by Gasteiger charge is -2.17. The van der Waals surface area contributed by atoms with Crippen LogP contribution in [0.1, 0.15) is 19.3 Å². The highest BCUT2D eigenvalue weighted by Gasteiger charge is 2.13. The molecule has 0 aliphatic heterocycles. The van der Waals surface area contributed by atoms with Crippen LogP contribution in [0.25, 0.3) is 0 Å². The van der Waals surface area contributed by atoms with E-state index in [1.807, 2.05) is 30.3 Å². The van der Waals surface area contributed by atoms with E-state index < -0.39 is 0 Å². The summed E-state index contributed by atoms with van der Waals surface area (Å²) >= 11 is 12.0. The van der Waals surface area contributed by atoms with Crippen LogP contribution in [0.5, 0.6) is 0 Å². The molecule has 126 valence electrons. The highest BCUT2D eigenvalue weighted by atomic mass is 35.5. The van der Waals surface area contributed by atoms with Crippen molar-refractivity contribution in [3.05, 3.63) is 58.6 Å². The predicted octanol–water partition coefficient (Wildman–Crippen LogP) is 4.77. The molecule has 0 fully saturated rings. The fourth-order valence-electron chi connectivity index (χ4n) is 2.18. The Balaban J connectivity index is 1.81. The van der Waals surface area contributed by atoms with Crippen LogP contribution >= 0.6 is 23.2 Å². The van der Waals surface area contributed by atoms with Crippen molar-refractivity contribution in [1.29, 1.82) is 0 Å². The number of nitrogens with zero attached hydrogens (tertiary/aromatic N) is 1. The topological polar surface area (TPSA) is 49.4 Å². The van der Waals surface area contributed by atoms with Gasteiger partial charge in [0.2, 0.25) is 11.8 Å². The number of para-hydroxylation sites is 2. The number of hydrogen-bond acceptors (Lipinski definition) is 2. The van der Waals surface area contributed by atoms with Gasteiger partial charge in [-0.1, -0.05) is 47.5 Å². The third-order valence-corrected chi connectivity index (χ3v) is 4.17. The SMILES string of the molecule is CN(C(=O)CCCC(=O)Nc1c(Cl)cccc1Cl)c1ccccc1. The number of halogens is 2. The Hall–Kier alpha value is -2.04. The van der Waals surface area contributed by atoms with Gasteiger partial charge in [0.05, 0.1) is 15.7 Å². The van der Waals surface area contributed by atoms with Crippen molar-refractivity contribution < 1.29 is 9.59 Å². The van der Waals surface area contributed by atoms with Gasteiger partial charge >= 0.3 is 0 Å². The first-order chi connectivity index (χ1) is 11.5. The molecule has 0 aliphatic rings. The molecule has 2 amide bonds. The molecule has 6 heteroatoms. The number of amides is 2. The van der Waals surface area contributed by atoms with Crippen molar-refractivity contribution in [2.24, 2.45) is 0 Å². The van der Waals surface area contributed by atoms with Gasteiger partial charge in [0.25, 0.3) is 0 Å². The molecular weight excluding hydrogens is 347 g/mol. The first kappa shape index (κ1) is 18.3. The van der Waals surface area contributed by atoms with Gasteiger partial charge in [0, 0.05) is 25.6 Å². The minimum absolute atomic E-state index is 0.0372. The van der Waals surface area contributed by atoms with E-state index in [2.05, 4.69) is 5.32 Å². The fourth-order valence-corrected chi connectivity index (χ4v) is 2.67. The van der Waals surface area contributed by atoms with Gasteiger partial charge < -0.3 is 10.2 Å². The summed E-state index contributed by atoms with van der Waals surface area (Å²) < 4.78 is 0. The van der Waals surface area contributed by atoms with Gasteiger partial charge in [-0.05, 0) is 30.7 Å². The Morgan fingerprint density at radius 1 is 0.958 bits per heavy atom. The molecule has 0 saturated carbocycles. The average Bonchev–Trinajstić information content (AvgIpc) is 2.58. The lowest BCUT2D eigenvalue weighted by atomic mass is 10.2. The maximum atomic E-state index is 12.1. The van der Waals surface area contributed by atoms with Crippen LogP contribution in [0.2, 0.25) is 10.0 Å².